The lowest BCUT2D eigenvalue weighted by atomic mass is 10.0. The third kappa shape index (κ3) is 4.66. The molecule has 1 fully saturated rings. The zero-order chi connectivity index (χ0) is 24.6. The molecule has 2 aromatic heterocycles. The molecule has 1 unspecified atom stereocenters. The van der Waals surface area contributed by atoms with Crippen molar-refractivity contribution >= 4 is 17.7 Å². The largest absolute Gasteiger partial charge is 0.434 e. The van der Waals surface area contributed by atoms with Gasteiger partial charge >= 0.3 is 6.61 Å². The molecule has 0 aliphatic carbocycles. The molecule has 3 aromatic rings. The van der Waals surface area contributed by atoms with Gasteiger partial charge in [-0.15, -0.1) is 10.2 Å². The lowest BCUT2D eigenvalue weighted by molar-refractivity contribution is -0.0508. The minimum absolute atomic E-state index is 0.116. The van der Waals surface area contributed by atoms with E-state index in [1.54, 1.807) is 30.0 Å². The number of nitrogens with one attached hydrogen (secondary N) is 2. The molecule has 4 N–H and O–H groups in total. The molecule has 2 aliphatic rings. The third-order valence-corrected chi connectivity index (χ3v) is 6.04. The summed E-state index contributed by atoms with van der Waals surface area (Å²) in [7, 11) is 1.76. The summed E-state index contributed by atoms with van der Waals surface area (Å²) in [6, 6.07) is 6.85. The Hall–Kier alpha value is -3.64. The topological polar surface area (TPSA) is 124 Å². The summed E-state index contributed by atoms with van der Waals surface area (Å²) in [5.41, 5.74) is 9.70. The van der Waals surface area contributed by atoms with Gasteiger partial charge in [-0.2, -0.15) is 8.78 Å². The first-order valence-electron chi connectivity index (χ1n) is 11.2. The highest BCUT2D eigenvalue weighted by atomic mass is 19.3. The maximum Gasteiger partial charge on any atom is 0.387 e. The molecule has 1 saturated heterocycles. The first kappa shape index (κ1) is 23.1. The fourth-order valence-corrected chi connectivity index (χ4v) is 4.32. The minimum atomic E-state index is -3.05. The number of benzene rings is 1. The van der Waals surface area contributed by atoms with Gasteiger partial charge in [0.2, 0.25) is 5.79 Å². The lowest BCUT2D eigenvalue weighted by Gasteiger charge is -2.34. The van der Waals surface area contributed by atoms with Crippen LogP contribution in [0.15, 0.2) is 35.6 Å². The number of nitrogens with zero attached hydrogens (tertiary/aromatic N) is 5. The first-order valence-corrected chi connectivity index (χ1v) is 11.2. The number of alkyl halides is 2. The highest BCUT2D eigenvalue weighted by Gasteiger charge is 2.35. The van der Waals surface area contributed by atoms with Crippen LogP contribution in [-0.2, 0) is 17.6 Å². The van der Waals surface area contributed by atoms with Crippen molar-refractivity contribution in [1.82, 2.24) is 19.7 Å². The first-order chi connectivity index (χ1) is 16.8. The molecule has 184 valence electrons. The third-order valence-electron chi connectivity index (χ3n) is 6.04. The summed E-state index contributed by atoms with van der Waals surface area (Å²) in [6.45, 7) is 0.191. The number of aliphatic imine (C=N–C) groups is 1. The maximum atomic E-state index is 13.4. The Morgan fingerprint density at radius 2 is 2.09 bits per heavy atom. The Morgan fingerprint density at radius 1 is 1.29 bits per heavy atom. The molecule has 0 spiro atoms. The van der Waals surface area contributed by atoms with Gasteiger partial charge in [-0.05, 0) is 38.0 Å². The van der Waals surface area contributed by atoms with Crippen molar-refractivity contribution in [2.45, 2.75) is 38.2 Å². The smallest absolute Gasteiger partial charge is 0.387 e. The van der Waals surface area contributed by atoms with Crippen LogP contribution in [0.25, 0.3) is 11.4 Å². The molecule has 0 saturated carbocycles. The van der Waals surface area contributed by atoms with Gasteiger partial charge in [0, 0.05) is 49.3 Å². The van der Waals surface area contributed by atoms with Crippen LogP contribution in [0.3, 0.4) is 0 Å². The highest BCUT2D eigenvalue weighted by Crippen LogP contribution is 2.39. The van der Waals surface area contributed by atoms with Gasteiger partial charge in [0.25, 0.3) is 0 Å². The van der Waals surface area contributed by atoms with E-state index >= 15 is 0 Å². The highest BCUT2D eigenvalue weighted by molar-refractivity contribution is 5.94. The zero-order valence-electron chi connectivity index (χ0n) is 19.3. The van der Waals surface area contributed by atoms with Crippen LogP contribution in [0.1, 0.15) is 29.7 Å². The van der Waals surface area contributed by atoms with Crippen LogP contribution in [0.2, 0.25) is 0 Å². The molecule has 10 nitrogen and oxygen atoms in total. The van der Waals surface area contributed by atoms with Crippen molar-refractivity contribution in [3.8, 4) is 17.1 Å². The van der Waals surface area contributed by atoms with Gasteiger partial charge in [-0.3, -0.25) is 5.73 Å². The van der Waals surface area contributed by atoms with Gasteiger partial charge in [0.1, 0.15) is 12.1 Å². The molecule has 0 amide bonds. The van der Waals surface area contributed by atoms with E-state index < -0.39 is 12.4 Å². The van der Waals surface area contributed by atoms with Crippen molar-refractivity contribution < 1.29 is 18.3 Å². The van der Waals surface area contributed by atoms with Crippen LogP contribution >= 0.6 is 0 Å². The number of halogens is 2. The number of aromatic nitrogens is 4. The van der Waals surface area contributed by atoms with Gasteiger partial charge in [0.05, 0.1) is 11.3 Å². The van der Waals surface area contributed by atoms with Gasteiger partial charge in [-0.25, -0.2) is 9.98 Å². The fraction of sp³-hybridized carbons (Fsp3) is 0.391. The van der Waals surface area contributed by atoms with Crippen molar-refractivity contribution in [3.63, 3.8) is 0 Å². The molecule has 1 aromatic carbocycles. The monoisotopic (exact) mass is 484 g/mol. The normalized spacial score (nSPS) is 19.9. The second kappa shape index (κ2) is 9.19. The number of anilines is 2. The van der Waals surface area contributed by atoms with E-state index in [-0.39, 0.29) is 17.4 Å². The average Bonchev–Trinajstić information content (AvgIpc) is 3.25. The molecule has 35 heavy (non-hydrogen) atoms. The van der Waals surface area contributed by atoms with E-state index in [9.17, 15) is 8.78 Å². The second-order valence-corrected chi connectivity index (χ2v) is 8.61. The molecular formula is C23H26F2N8O2. The van der Waals surface area contributed by atoms with Crippen LogP contribution < -0.4 is 21.1 Å². The minimum Gasteiger partial charge on any atom is -0.434 e. The quantitative estimate of drug-likeness (QED) is 0.488. The van der Waals surface area contributed by atoms with Gasteiger partial charge in [-0.1, -0.05) is 6.07 Å². The number of hydrogen-bond acceptors (Lipinski definition) is 9. The second-order valence-electron chi connectivity index (χ2n) is 8.61. The van der Waals surface area contributed by atoms with Gasteiger partial charge in [0.15, 0.2) is 11.6 Å². The Morgan fingerprint density at radius 3 is 2.80 bits per heavy atom. The van der Waals surface area contributed by atoms with Crippen molar-refractivity contribution in [1.29, 1.82) is 0 Å². The molecule has 0 radical (unpaired) electrons. The summed E-state index contributed by atoms with van der Waals surface area (Å²) in [4.78, 5) is 9.16. The molecule has 2 aliphatic heterocycles. The molecule has 4 heterocycles. The molecule has 1 atom stereocenters. The number of hydrogen-bond donors (Lipinski definition) is 3. The van der Waals surface area contributed by atoms with Gasteiger partial charge < -0.3 is 24.7 Å². The summed E-state index contributed by atoms with van der Waals surface area (Å²) in [6.07, 6.45) is 4.84. The van der Waals surface area contributed by atoms with Crippen molar-refractivity contribution in [2.75, 3.05) is 23.8 Å². The summed E-state index contributed by atoms with van der Waals surface area (Å²) in [5.74, 6) is -0.566. The van der Waals surface area contributed by atoms with Crippen LogP contribution in [0.5, 0.6) is 5.75 Å². The number of fused-ring (bicyclic) bond motifs is 1. The molecule has 0 bridgehead atoms. The predicted octanol–water partition coefficient (Wildman–Crippen LogP) is 2.99. The van der Waals surface area contributed by atoms with E-state index in [0.29, 0.717) is 36.1 Å². The van der Waals surface area contributed by atoms with Crippen molar-refractivity contribution in [3.05, 3.63) is 47.4 Å². The molecule has 5 rings (SSSR count). The predicted molar refractivity (Wildman–Crippen MR) is 127 cm³/mol. The number of aryl methyl sites for hydroxylation is 2. The lowest BCUT2D eigenvalue weighted by Crippen LogP contribution is -2.45. The Kier molecular flexibility index (Phi) is 6.07. The zero-order valence-corrected chi connectivity index (χ0v) is 19.3. The summed E-state index contributed by atoms with van der Waals surface area (Å²) in [5, 5.41) is 14.6. The Bertz CT molecular complexity index is 1260. The number of ether oxygens (including phenoxy) is 2. The van der Waals surface area contributed by atoms with E-state index in [4.69, 9.17) is 15.2 Å². The van der Waals surface area contributed by atoms with Crippen LogP contribution in [0, 0.1) is 6.92 Å². The molecular weight excluding hydrogens is 458 g/mol. The van der Waals surface area contributed by atoms with Crippen molar-refractivity contribution in [2.24, 2.45) is 17.8 Å². The van der Waals surface area contributed by atoms with E-state index in [2.05, 4.69) is 30.8 Å². The number of pyridine rings is 1. The summed E-state index contributed by atoms with van der Waals surface area (Å²) < 4.78 is 38.7. The SMILES string of the molecule is Cc1cc2c(c(NC3CCOCC3)n1)NC(N)(c1ccc(-c3nncn3C)cc1OC(F)F)N=C2. The van der Waals surface area contributed by atoms with E-state index in [1.165, 1.54) is 12.4 Å². The summed E-state index contributed by atoms with van der Waals surface area (Å²) >= 11 is 0. The van der Waals surface area contributed by atoms with Crippen LogP contribution in [-0.4, -0.2) is 51.8 Å². The molecule has 12 heteroatoms. The fourth-order valence-electron chi connectivity index (χ4n) is 4.32. The Labute approximate surface area is 200 Å². The van der Waals surface area contributed by atoms with E-state index in [1.807, 2.05) is 13.0 Å². The average molecular weight is 485 g/mol. The number of nitrogens with two attached hydrogens (primary N) is 1. The standard InChI is InChI=1S/C23H26F2N8O2/c1-13-9-15-11-27-23(26,31-19(15)20(29-13)30-16-5-7-34-8-6-16)17-4-3-14(10-18(17)35-22(24)25)21-32-28-12-33(21)2/h3-4,9-12,16,22,31H,5-8,26H2,1-2H3,(H,29,30). The van der Waals surface area contributed by atoms with E-state index in [0.717, 1.165) is 24.1 Å². The Balaban J connectivity index is 1.53. The number of rotatable bonds is 6. The van der Waals surface area contributed by atoms with Crippen LogP contribution in [0.4, 0.5) is 20.3 Å². The maximum absolute atomic E-state index is 13.4.